The Hall–Kier alpha value is -0.830. The summed E-state index contributed by atoms with van der Waals surface area (Å²) in [4.78, 5) is 20.1. The maximum Gasteiger partial charge on any atom is 0.124 e. The number of para-hydroxylation sites is 1. The third-order valence-electron chi connectivity index (χ3n) is 0.960. The number of rotatable bonds is 2. The molecule has 0 N–H and O–H groups in total. The third kappa shape index (κ3) is 3.18. The summed E-state index contributed by atoms with van der Waals surface area (Å²) in [7, 11) is -4.89. The average molecular weight is 172 g/mol. The Morgan fingerprint density at radius 2 is 1.73 bits per heavy atom. The molecule has 0 amide bonds. The van der Waals surface area contributed by atoms with Crippen LogP contribution in [-0.4, -0.2) is 0 Å². The molecular formula is C6H5O4P-2. The van der Waals surface area contributed by atoms with Gasteiger partial charge in [-0.1, -0.05) is 18.2 Å². The van der Waals surface area contributed by atoms with Gasteiger partial charge in [0.1, 0.15) is 13.6 Å². The van der Waals surface area contributed by atoms with Crippen LogP contribution in [0.4, 0.5) is 0 Å². The summed E-state index contributed by atoms with van der Waals surface area (Å²) in [6.07, 6.45) is 0. The fourth-order valence-corrected chi connectivity index (χ4v) is 0.990. The van der Waals surface area contributed by atoms with Crippen LogP contribution >= 0.6 is 7.82 Å². The first-order valence-electron chi connectivity index (χ1n) is 2.85. The fraction of sp³-hybridized carbons (Fsp3) is 0. The van der Waals surface area contributed by atoms with Crippen molar-refractivity contribution < 1.29 is 18.9 Å². The van der Waals surface area contributed by atoms with Crippen LogP contribution in [0.15, 0.2) is 30.3 Å². The van der Waals surface area contributed by atoms with Gasteiger partial charge in [0.2, 0.25) is 0 Å². The Bertz CT molecular complexity index is 265. The van der Waals surface area contributed by atoms with E-state index < -0.39 is 7.82 Å². The summed E-state index contributed by atoms with van der Waals surface area (Å²) < 4.78 is 14.1. The van der Waals surface area contributed by atoms with Crippen LogP contribution in [0.5, 0.6) is 5.75 Å². The lowest BCUT2D eigenvalue weighted by atomic mass is 10.3. The molecule has 0 spiro atoms. The van der Waals surface area contributed by atoms with Crippen molar-refractivity contribution in [3.63, 3.8) is 0 Å². The van der Waals surface area contributed by atoms with Crippen LogP contribution in [0.25, 0.3) is 0 Å². The second-order valence-electron chi connectivity index (χ2n) is 1.85. The Morgan fingerprint density at radius 1 is 1.18 bits per heavy atom. The van der Waals surface area contributed by atoms with E-state index >= 15 is 0 Å². The lowest BCUT2D eigenvalue weighted by Gasteiger charge is -2.28. The Balaban J connectivity index is 2.74. The van der Waals surface area contributed by atoms with E-state index in [0.717, 1.165) is 0 Å². The largest absolute Gasteiger partial charge is 0.780 e. The van der Waals surface area contributed by atoms with Crippen LogP contribution in [-0.2, 0) is 4.57 Å². The van der Waals surface area contributed by atoms with Crippen molar-refractivity contribution in [2.24, 2.45) is 0 Å². The molecule has 0 radical (unpaired) electrons. The van der Waals surface area contributed by atoms with Crippen LogP contribution in [0, 0.1) is 0 Å². The van der Waals surface area contributed by atoms with E-state index in [-0.39, 0.29) is 5.75 Å². The Morgan fingerprint density at radius 3 is 2.18 bits per heavy atom. The summed E-state index contributed by atoms with van der Waals surface area (Å²) in [5, 5.41) is 0. The molecule has 5 heteroatoms. The molecule has 0 unspecified atom stereocenters. The summed E-state index contributed by atoms with van der Waals surface area (Å²) in [6, 6.07) is 7.62. The van der Waals surface area contributed by atoms with Crippen molar-refractivity contribution in [3.05, 3.63) is 30.3 Å². The van der Waals surface area contributed by atoms with Crippen molar-refractivity contribution >= 4 is 7.82 Å². The van der Waals surface area contributed by atoms with E-state index in [0.29, 0.717) is 0 Å². The molecule has 0 aliphatic heterocycles. The monoisotopic (exact) mass is 172 g/mol. The maximum atomic E-state index is 10.1. The minimum absolute atomic E-state index is 0.0424. The van der Waals surface area contributed by atoms with E-state index in [9.17, 15) is 14.4 Å². The minimum Gasteiger partial charge on any atom is -0.780 e. The highest BCUT2D eigenvalue weighted by Gasteiger charge is 1.92. The van der Waals surface area contributed by atoms with Crippen LogP contribution in [0.1, 0.15) is 0 Å². The predicted octanol–water partition coefficient (Wildman–Crippen LogP) is -0.106. The van der Waals surface area contributed by atoms with E-state index in [1.54, 1.807) is 18.2 Å². The first kappa shape index (κ1) is 8.27. The molecule has 1 aromatic rings. The highest BCUT2D eigenvalue weighted by Crippen LogP contribution is 2.28. The zero-order chi connectivity index (χ0) is 8.32. The van der Waals surface area contributed by atoms with Gasteiger partial charge >= 0.3 is 0 Å². The number of benzene rings is 1. The first-order chi connectivity index (χ1) is 5.08. The van der Waals surface area contributed by atoms with E-state index in [2.05, 4.69) is 4.52 Å². The van der Waals surface area contributed by atoms with Gasteiger partial charge in [0.15, 0.2) is 0 Å². The van der Waals surface area contributed by atoms with Crippen LogP contribution in [0.3, 0.4) is 0 Å². The molecule has 0 aliphatic rings. The fourth-order valence-electron chi connectivity index (χ4n) is 0.610. The smallest absolute Gasteiger partial charge is 0.124 e. The van der Waals surface area contributed by atoms with Gasteiger partial charge in [-0.2, -0.15) is 0 Å². The molecular weight excluding hydrogens is 167 g/mol. The number of hydrogen-bond acceptors (Lipinski definition) is 4. The average Bonchev–Trinajstić information content (AvgIpc) is 1.85. The molecule has 0 saturated heterocycles. The molecule has 11 heavy (non-hydrogen) atoms. The highest BCUT2D eigenvalue weighted by atomic mass is 31.2. The molecule has 0 aliphatic carbocycles. The van der Waals surface area contributed by atoms with E-state index in [4.69, 9.17) is 0 Å². The topological polar surface area (TPSA) is 72.4 Å². The Labute approximate surface area is 63.7 Å². The molecule has 0 fully saturated rings. The standard InChI is InChI=1S/C6H7O4P/c7-11(8,9)10-6-4-2-1-3-5-6/h1-5H,(H2,7,8,9)/p-2. The molecule has 0 aromatic heterocycles. The van der Waals surface area contributed by atoms with Crippen molar-refractivity contribution in [2.45, 2.75) is 0 Å². The van der Waals surface area contributed by atoms with Gasteiger partial charge in [0.25, 0.3) is 0 Å². The highest BCUT2D eigenvalue weighted by molar-refractivity contribution is 7.43. The van der Waals surface area contributed by atoms with Gasteiger partial charge < -0.3 is 18.9 Å². The molecule has 60 valence electrons. The molecule has 1 aromatic carbocycles. The van der Waals surface area contributed by atoms with Gasteiger partial charge in [-0.05, 0) is 12.1 Å². The lowest BCUT2D eigenvalue weighted by Crippen LogP contribution is -2.18. The molecule has 1 rings (SSSR count). The van der Waals surface area contributed by atoms with Gasteiger partial charge in [-0.25, -0.2) is 0 Å². The molecule has 0 bridgehead atoms. The normalized spacial score (nSPS) is 11.1. The minimum atomic E-state index is -4.89. The number of phosphoric acid groups is 1. The third-order valence-corrected chi connectivity index (χ3v) is 1.39. The van der Waals surface area contributed by atoms with Crippen LogP contribution in [0.2, 0.25) is 0 Å². The molecule has 0 heterocycles. The van der Waals surface area contributed by atoms with Gasteiger partial charge in [-0.3, -0.25) is 0 Å². The molecule has 0 saturated carbocycles. The molecule has 4 nitrogen and oxygen atoms in total. The second-order valence-corrected chi connectivity index (χ2v) is 2.93. The van der Waals surface area contributed by atoms with Crippen molar-refractivity contribution in [1.29, 1.82) is 0 Å². The van der Waals surface area contributed by atoms with Gasteiger partial charge in [0.05, 0.1) is 0 Å². The van der Waals surface area contributed by atoms with Gasteiger partial charge in [0, 0.05) is 0 Å². The summed E-state index contributed by atoms with van der Waals surface area (Å²) in [6.45, 7) is 0. The Kier molecular flexibility index (Phi) is 2.29. The quantitative estimate of drug-likeness (QED) is 0.583. The second kappa shape index (κ2) is 3.05. The number of hydrogen-bond donors (Lipinski definition) is 0. The van der Waals surface area contributed by atoms with Crippen molar-refractivity contribution in [3.8, 4) is 5.75 Å². The van der Waals surface area contributed by atoms with Crippen LogP contribution < -0.4 is 14.3 Å². The van der Waals surface area contributed by atoms with E-state index in [1.165, 1.54) is 12.1 Å². The van der Waals surface area contributed by atoms with E-state index in [1.807, 2.05) is 0 Å². The summed E-state index contributed by atoms with van der Waals surface area (Å²) >= 11 is 0. The van der Waals surface area contributed by atoms with Crippen molar-refractivity contribution in [2.75, 3.05) is 0 Å². The van der Waals surface area contributed by atoms with Gasteiger partial charge in [-0.15, -0.1) is 0 Å². The predicted molar refractivity (Wildman–Crippen MR) is 34.7 cm³/mol. The first-order valence-corrected chi connectivity index (χ1v) is 4.31. The number of phosphoric ester groups is 1. The SMILES string of the molecule is O=P([O-])([O-])Oc1ccccc1. The maximum absolute atomic E-state index is 10.1. The summed E-state index contributed by atoms with van der Waals surface area (Å²) in [5.41, 5.74) is 0. The lowest BCUT2D eigenvalue weighted by molar-refractivity contribution is -0.333. The zero-order valence-electron chi connectivity index (χ0n) is 5.47. The zero-order valence-corrected chi connectivity index (χ0v) is 6.36. The molecule has 0 atom stereocenters. The summed E-state index contributed by atoms with van der Waals surface area (Å²) in [5.74, 6) is 0.0424. The van der Waals surface area contributed by atoms with Crippen molar-refractivity contribution in [1.82, 2.24) is 0 Å².